The van der Waals surface area contributed by atoms with Gasteiger partial charge in [-0.1, -0.05) is 6.07 Å². The molecule has 0 spiro atoms. The Labute approximate surface area is 210 Å². The van der Waals surface area contributed by atoms with Gasteiger partial charge in [0.2, 0.25) is 11.8 Å². The molecule has 3 aromatic rings. The van der Waals surface area contributed by atoms with Crippen molar-refractivity contribution in [3.05, 3.63) is 75.9 Å². The van der Waals surface area contributed by atoms with Crippen LogP contribution in [0.15, 0.2) is 53.1 Å². The Balaban J connectivity index is 1.41. The predicted octanol–water partition coefficient (Wildman–Crippen LogP) is 4.16. The zero-order valence-corrected chi connectivity index (χ0v) is 20.9. The fraction of sp³-hybridized carbons (Fsp3) is 0.308. The summed E-state index contributed by atoms with van der Waals surface area (Å²) in [4.78, 5) is 31.3. The molecule has 1 aliphatic heterocycles. The lowest BCUT2D eigenvalue weighted by Crippen LogP contribution is -2.62. The van der Waals surface area contributed by atoms with Crippen molar-refractivity contribution in [1.82, 2.24) is 20.5 Å². The Morgan fingerprint density at radius 1 is 1.17 bits per heavy atom. The first kappa shape index (κ1) is 25.1. The van der Waals surface area contributed by atoms with Crippen LogP contribution in [0.25, 0.3) is 17.0 Å². The van der Waals surface area contributed by atoms with Gasteiger partial charge < -0.3 is 20.5 Å². The number of benzene rings is 2. The summed E-state index contributed by atoms with van der Waals surface area (Å²) >= 11 is 3.13. The summed E-state index contributed by atoms with van der Waals surface area (Å²) in [6, 6.07) is 9.03. The third kappa shape index (κ3) is 5.97. The van der Waals surface area contributed by atoms with Crippen LogP contribution in [0, 0.1) is 11.6 Å². The lowest BCUT2D eigenvalue weighted by atomic mass is 9.86. The molecule has 9 heteroatoms. The van der Waals surface area contributed by atoms with Crippen LogP contribution < -0.4 is 10.6 Å². The maximum Gasteiger partial charge on any atom is 0.245 e. The van der Waals surface area contributed by atoms with Crippen LogP contribution in [0.4, 0.5) is 8.78 Å². The Kier molecular flexibility index (Phi) is 7.66. The molecule has 0 unspecified atom stereocenters. The summed E-state index contributed by atoms with van der Waals surface area (Å²) in [6.45, 7) is 1.70. The number of piperidine rings is 1. The molecule has 2 aromatic carbocycles. The Morgan fingerprint density at radius 3 is 2.69 bits per heavy atom. The first-order valence-corrected chi connectivity index (χ1v) is 12.2. The van der Waals surface area contributed by atoms with Gasteiger partial charge in [0.15, 0.2) is 0 Å². The van der Waals surface area contributed by atoms with E-state index in [1.165, 1.54) is 24.3 Å². The molecule has 1 aliphatic rings. The van der Waals surface area contributed by atoms with Gasteiger partial charge in [0, 0.05) is 42.8 Å². The summed E-state index contributed by atoms with van der Waals surface area (Å²) in [7, 11) is 1.98. The van der Waals surface area contributed by atoms with Crippen LogP contribution in [-0.4, -0.2) is 53.9 Å². The van der Waals surface area contributed by atoms with Crippen molar-refractivity contribution in [3.63, 3.8) is 0 Å². The quantitative estimate of drug-likeness (QED) is 0.391. The Morgan fingerprint density at radius 2 is 1.94 bits per heavy atom. The molecule has 0 saturated carbocycles. The number of rotatable bonds is 7. The normalized spacial score (nSPS) is 16.0. The molecule has 2 heterocycles. The van der Waals surface area contributed by atoms with Crippen molar-refractivity contribution >= 4 is 44.7 Å². The first-order chi connectivity index (χ1) is 16.8. The number of aromatic nitrogens is 1. The number of aromatic amines is 1. The number of hydrogen-bond acceptors (Lipinski definition) is 3. The zero-order chi connectivity index (χ0) is 25.0. The molecule has 0 radical (unpaired) electrons. The number of amides is 2. The number of H-pyrrole nitrogens is 1. The fourth-order valence-electron chi connectivity index (χ4n) is 4.31. The van der Waals surface area contributed by atoms with Gasteiger partial charge in [-0.3, -0.25) is 9.59 Å². The number of fused-ring (bicyclic) bond motifs is 1. The summed E-state index contributed by atoms with van der Waals surface area (Å²) in [5.41, 5.74) is 1.38. The third-order valence-corrected chi connectivity index (χ3v) is 7.03. The summed E-state index contributed by atoms with van der Waals surface area (Å²) in [5.74, 6) is -1.32. The fourth-order valence-corrected chi connectivity index (χ4v) is 4.71. The van der Waals surface area contributed by atoms with Gasteiger partial charge >= 0.3 is 0 Å². The molecule has 4 rings (SSSR count). The van der Waals surface area contributed by atoms with Crippen molar-refractivity contribution < 1.29 is 18.4 Å². The minimum Gasteiger partial charge on any atom is -0.361 e. The highest BCUT2D eigenvalue weighted by atomic mass is 79.9. The van der Waals surface area contributed by atoms with Crippen molar-refractivity contribution in [2.24, 2.45) is 0 Å². The van der Waals surface area contributed by atoms with Crippen LogP contribution in [-0.2, 0) is 16.0 Å². The lowest BCUT2D eigenvalue weighted by Gasteiger charge is -2.39. The molecule has 6 nitrogen and oxygen atoms in total. The maximum absolute atomic E-state index is 13.6. The molecule has 1 saturated heterocycles. The van der Waals surface area contributed by atoms with Gasteiger partial charge in [-0.15, -0.1) is 0 Å². The Bertz CT molecular complexity index is 1270. The van der Waals surface area contributed by atoms with Crippen molar-refractivity contribution in [2.45, 2.75) is 24.8 Å². The highest BCUT2D eigenvalue weighted by Crippen LogP contribution is 2.23. The number of carbonyl (C=O) groups excluding carboxylic acids is 2. The molecule has 0 atom stereocenters. The van der Waals surface area contributed by atoms with E-state index in [0.717, 1.165) is 16.5 Å². The van der Waals surface area contributed by atoms with Gasteiger partial charge in [-0.2, -0.15) is 0 Å². The van der Waals surface area contributed by atoms with E-state index in [0.29, 0.717) is 48.9 Å². The second-order valence-corrected chi connectivity index (χ2v) is 9.75. The summed E-state index contributed by atoms with van der Waals surface area (Å²) in [6.07, 6.45) is 6.24. The van der Waals surface area contributed by atoms with Crippen molar-refractivity contribution in [2.75, 3.05) is 26.7 Å². The molecule has 2 amide bonds. The number of halogens is 3. The van der Waals surface area contributed by atoms with Gasteiger partial charge in [0.25, 0.3) is 0 Å². The van der Waals surface area contributed by atoms with Crippen LogP contribution in [0.2, 0.25) is 0 Å². The van der Waals surface area contributed by atoms with E-state index in [4.69, 9.17) is 0 Å². The van der Waals surface area contributed by atoms with Crippen LogP contribution in [0.5, 0.6) is 0 Å². The molecule has 184 valence electrons. The molecule has 0 aliphatic carbocycles. The number of carbonyl (C=O) groups is 2. The molecular formula is C26H27BrF2N4O2. The van der Waals surface area contributed by atoms with Crippen molar-refractivity contribution in [3.8, 4) is 0 Å². The van der Waals surface area contributed by atoms with E-state index in [1.54, 1.807) is 24.3 Å². The lowest BCUT2D eigenvalue weighted by molar-refractivity contribution is -0.134. The standard InChI is InChI=1S/C26H27BrF2N4O2/c1-33-12-9-26(10-13-33,32-24(34)7-3-17-2-5-22(29)21(27)14-17)25(35)30-11-8-18-16-31-23-6-4-19(28)15-20(18)23/h2-7,14-16,31H,8-13H2,1H3,(H,30,35)(H,32,34)/b7-3+. The van der Waals surface area contributed by atoms with E-state index in [2.05, 4.69) is 36.4 Å². The van der Waals surface area contributed by atoms with Crippen LogP contribution >= 0.6 is 15.9 Å². The topological polar surface area (TPSA) is 77.2 Å². The maximum atomic E-state index is 13.6. The third-order valence-electron chi connectivity index (χ3n) is 6.42. The number of nitrogens with zero attached hydrogens (tertiary/aromatic N) is 1. The summed E-state index contributed by atoms with van der Waals surface area (Å²) < 4.78 is 27.4. The smallest absolute Gasteiger partial charge is 0.245 e. The van der Waals surface area contributed by atoms with Crippen molar-refractivity contribution in [1.29, 1.82) is 0 Å². The largest absolute Gasteiger partial charge is 0.361 e. The van der Waals surface area contributed by atoms with Gasteiger partial charge in [0.05, 0.1) is 4.47 Å². The molecule has 35 heavy (non-hydrogen) atoms. The molecule has 1 aromatic heterocycles. The minimum atomic E-state index is -1.02. The highest BCUT2D eigenvalue weighted by molar-refractivity contribution is 9.10. The van der Waals surface area contributed by atoms with E-state index >= 15 is 0 Å². The number of likely N-dealkylation sites (tertiary alicyclic amines) is 1. The molecule has 0 bridgehead atoms. The molecule has 3 N–H and O–H groups in total. The number of hydrogen-bond donors (Lipinski definition) is 3. The number of nitrogens with one attached hydrogen (secondary N) is 3. The second-order valence-electron chi connectivity index (χ2n) is 8.89. The second kappa shape index (κ2) is 10.7. The first-order valence-electron chi connectivity index (χ1n) is 11.4. The van der Waals surface area contributed by atoms with Gasteiger partial charge in [-0.25, -0.2) is 8.78 Å². The SMILES string of the molecule is CN1CCC(NC(=O)/C=C/c2ccc(F)c(Br)c2)(C(=O)NCCc2c[nH]c3ccc(F)cc23)CC1. The molecule has 1 fully saturated rings. The van der Waals surface area contributed by atoms with E-state index in [9.17, 15) is 18.4 Å². The Hall–Kier alpha value is -3.04. The van der Waals surface area contributed by atoms with Crippen LogP contribution in [0.1, 0.15) is 24.0 Å². The predicted molar refractivity (Wildman–Crippen MR) is 136 cm³/mol. The monoisotopic (exact) mass is 544 g/mol. The van der Waals surface area contributed by atoms with Crippen LogP contribution in [0.3, 0.4) is 0 Å². The van der Waals surface area contributed by atoms with Gasteiger partial charge in [-0.05, 0) is 89.8 Å². The zero-order valence-electron chi connectivity index (χ0n) is 19.3. The highest BCUT2D eigenvalue weighted by Gasteiger charge is 2.41. The average molecular weight is 545 g/mol. The molecular weight excluding hydrogens is 518 g/mol. The van der Waals surface area contributed by atoms with E-state index < -0.39 is 11.4 Å². The van der Waals surface area contributed by atoms with E-state index in [1.807, 2.05) is 13.2 Å². The van der Waals surface area contributed by atoms with Gasteiger partial charge in [0.1, 0.15) is 17.2 Å². The van der Waals surface area contributed by atoms with E-state index in [-0.39, 0.29) is 17.5 Å². The average Bonchev–Trinajstić information content (AvgIpc) is 3.23. The summed E-state index contributed by atoms with van der Waals surface area (Å²) in [5, 5.41) is 6.68. The minimum absolute atomic E-state index is 0.233.